The topological polar surface area (TPSA) is 82.7 Å². The van der Waals surface area contributed by atoms with E-state index >= 15 is 0 Å². The van der Waals surface area contributed by atoms with Crippen LogP contribution in [0.5, 0.6) is 0 Å². The number of rotatable bonds is 6. The summed E-state index contributed by atoms with van der Waals surface area (Å²) in [6.45, 7) is 1.21. The summed E-state index contributed by atoms with van der Waals surface area (Å²) in [6.07, 6.45) is 1.53. The van der Waals surface area contributed by atoms with Gasteiger partial charge in [-0.15, -0.1) is 24.0 Å². The molecule has 3 N–H and O–H groups in total. The Morgan fingerprint density at radius 2 is 2.05 bits per heavy atom. The Bertz CT molecular complexity index is 546. The summed E-state index contributed by atoms with van der Waals surface area (Å²) in [5.74, 6) is 0.684. The van der Waals surface area contributed by atoms with Crippen LogP contribution in [-0.2, 0) is 6.54 Å². The molecule has 0 aliphatic carbocycles. The Labute approximate surface area is 147 Å². The zero-order valence-electron chi connectivity index (χ0n) is 12.4. The molecule has 120 valence electrons. The fraction of sp³-hybridized carbons (Fsp3) is 0.333. The molecule has 1 atom stereocenters. The second kappa shape index (κ2) is 10.2. The lowest BCUT2D eigenvalue weighted by molar-refractivity contribution is 0.265. The third-order valence-electron chi connectivity index (χ3n) is 3.16. The number of hydrogen-bond acceptors (Lipinski definition) is 4. The number of nitrogens with one attached hydrogen (secondary N) is 2. The molecule has 0 aliphatic rings. The van der Waals surface area contributed by atoms with E-state index in [1.165, 1.54) is 6.26 Å². The maximum Gasteiger partial charge on any atom is 0.191 e. The number of aliphatic hydroxyl groups excluding tert-OH is 1. The van der Waals surface area contributed by atoms with E-state index in [-0.39, 0.29) is 36.5 Å². The van der Waals surface area contributed by atoms with Gasteiger partial charge in [0, 0.05) is 25.6 Å². The summed E-state index contributed by atoms with van der Waals surface area (Å²) < 4.78 is 4.77. The molecule has 7 heteroatoms. The quantitative estimate of drug-likeness (QED) is 0.380. The molecule has 0 aliphatic heterocycles. The first-order valence-corrected chi connectivity index (χ1v) is 6.83. The van der Waals surface area contributed by atoms with E-state index in [1.807, 2.05) is 30.3 Å². The van der Waals surface area contributed by atoms with Crippen LogP contribution in [0.25, 0.3) is 0 Å². The number of hydrogen-bond donors (Lipinski definition) is 3. The lowest BCUT2D eigenvalue weighted by Crippen LogP contribution is -2.39. The van der Waals surface area contributed by atoms with Crippen LogP contribution in [0, 0.1) is 0 Å². The first-order valence-electron chi connectivity index (χ1n) is 6.83. The number of nitrogens with zero attached hydrogens (tertiary/aromatic N) is 2. The minimum Gasteiger partial charge on any atom is -0.396 e. The van der Waals surface area contributed by atoms with Gasteiger partial charge in [-0.25, -0.2) is 0 Å². The smallest absolute Gasteiger partial charge is 0.191 e. The summed E-state index contributed by atoms with van der Waals surface area (Å²) in [7, 11) is 1.70. The van der Waals surface area contributed by atoms with E-state index in [9.17, 15) is 5.11 Å². The zero-order chi connectivity index (χ0) is 14.9. The van der Waals surface area contributed by atoms with Crippen molar-refractivity contribution in [1.29, 1.82) is 0 Å². The van der Waals surface area contributed by atoms with Gasteiger partial charge in [0.05, 0.1) is 13.2 Å². The van der Waals surface area contributed by atoms with Crippen LogP contribution in [-0.4, -0.2) is 36.4 Å². The minimum absolute atomic E-state index is 0. The molecule has 2 rings (SSSR count). The molecule has 0 radical (unpaired) electrons. The highest BCUT2D eigenvalue weighted by Crippen LogP contribution is 2.13. The number of halogens is 1. The van der Waals surface area contributed by atoms with Crippen molar-refractivity contribution in [2.75, 3.05) is 20.2 Å². The Morgan fingerprint density at radius 3 is 2.64 bits per heavy atom. The number of guanidine groups is 1. The Kier molecular flexibility index (Phi) is 8.53. The molecular weight excluding hydrogens is 395 g/mol. The largest absolute Gasteiger partial charge is 0.396 e. The molecule has 0 spiro atoms. The van der Waals surface area contributed by atoms with Gasteiger partial charge in [0.1, 0.15) is 12.0 Å². The highest BCUT2D eigenvalue weighted by atomic mass is 127. The van der Waals surface area contributed by atoms with Gasteiger partial charge in [-0.1, -0.05) is 35.5 Å². The molecule has 1 aromatic carbocycles. The summed E-state index contributed by atoms with van der Waals surface area (Å²) in [4.78, 5) is 4.14. The maximum absolute atomic E-state index is 9.52. The van der Waals surface area contributed by atoms with Crippen molar-refractivity contribution in [2.24, 2.45) is 4.99 Å². The molecule has 2 aromatic rings. The van der Waals surface area contributed by atoms with E-state index in [0.717, 1.165) is 11.3 Å². The Balaban J connectivity index is 0.00000242. The van der Waals surface area contributed by atoms with Gasteiger partial charge in [0.25, 0.3) is 0 Å². The first kappa shape index (κ1) is 18.4. The van der Waals surface area contributed by atoms with Crippen molar-refractivity contribution >= 4 is 29.9 Å². The summed E-state index contributed by atoms with van der Waals surface area (Å²) >= 11 is 0. The molecule has 0 saturated carbocycles. The predicted molar refractivity (Wildman–Crippen MR) is 96.4 cm³/mol. The van der Waals surface area contributed by atoms with Crippen LogP contribution in [0.1, 0.15) is 17.2 Å². The van der Waals surface area contributed by atoms with Crippen LogP contribution in [0.3, 0.4) is 0 Å². The summed E-state index contributed by atoms with van der Waals surface area (Å²) in [6, 6.07) is 11.7. The van der Waals surface area contributed by atoms with Crippen LogP contribution >= 0.6 is 24.0 Å². The molecule has 0 amide bonds. The number of benzene rings is 1. The van der Waals surface area contributed by atoms with Crippen LogP contribution in [0.15, 0.2) is 52.2 Å². The third-order valence-corrected chi connectivity index (χ3v) is 3.16. The van der Waals surface area contributed by atoms with Crippen molar-refractivity contribution in [3.63, 3.8) is 0 Å². The van der Waals surface area contributed by atoms with Gasteiger partial charge in [0.2, 0.25) is 0 Å². The SMILES string of the molecule is CN=C(NCc1ccon1)NCC(CO)c1ccccc1.I. The highest BCUT2D eigenvalue weighted by molar-refractivity contribution is 14.0. The normalized spacial score (nSPS) is 12.4. The van der Waals surface area contributed by atoms with Crippen molar-refractivity contribution in [2.45, 2.75) is 12.5 Å². The van der Waals surface area contributed by atoms with Gasteiger partial charge in [-0.05, 0) is 5.56 Å². The molecule has 0 saturated heterocycles. The second-order valence-corrected chi connectivity index (χ2v) is 4.59. The average molecular weight is 416 g/mol. The number of aliphatic imine (C=N–C) groups is 1. The first-order chi connectivity index (χ1) is 10.3. The van der Waals surface area contributed by atoms with Crippen LogP contribution in [0.4, 0.5) is 0 Å². The van der Waals surface area contributed by atoms with Gasteiger partial charge in [0.15, 0.2) is 5.96 Å². The van der Waals surface area contributed by atoms with Crippen LogP contribution in [0.2, 0.25) is 0 Å². The van der Waals surface area contributed by atoms with E-state index in [2.05, 4.69) is 20.8 Å². The van der Waals surface area contributed by atoms with Gasteiger partial charge >= 0.3 is 0 Å². The molecule has 1 heterocycles. The molecule has 1 unspecified atom stereocenters. The molecule has 1 aromatic heterocycles. The lowest BCUT2D eigenvalue weighted by atomic mass is 10.0. The number of aromatic nitrogens is 1. The van der Waals surface area contributed by atoms with Crippen molar-refractivity contribution in [3.8, 4) is 0 Å². The van der Waals surface area contributed by atoms with E-state index < -0.39 is 0 Å². The number of aliphatic hydroxyl groups is 1. The fourth-order valence-corrected chi connectivity index (χ4v) is 1.96. The van der Waals surface area contributed by atoms with E-state index in [4.69, 9.17) is 4.52 Å². The standard InChI is InChI=1S/C15H20N4O2.HI/c1-16-15(18-10-14-7-8-21-19-14)17-9-13(11-20)12-5-3-2-4-6-12;/h2-8,13,20H,9-11H2,1H3,(H2,16,17,18);1H. The monoisotopic (exact) mass is 416 g/mol. The third kappa shape index (κ3) is 5.64. The predicted octanol–water partition coefficient (Wildman–Crippen LogP) is 1.73. The van der Waals surface area contributed by atoms with E-state index in [1.54, 1.807) is 13.1 Å². The minimum atomic E-state index is 0. The van der Waals surface area contributed by atoms with Crippen LogP contribution < -0.4 is 10.6 Å². The second-order valence-electron chi connectivity index (χ2n) is 4.59. The van der Waals surface area contributed by atoms with Gasteiger partial charge in [-0.3, -0.25) is 4.99 Å². The summed E-state index contributed by atoms with van der Waals surface area (Å²) in [5.41, 5.74) is 1.90. The molecule has 0 bridgehead atoms. The fourth-order valence-electron chi connectivity index (χ4n) is 1.96. The van der Waals surface area contributed by atoms with Gasteiger partial charge < -0.3 is 20.3 Å². The zero-order valence-corrected chi connectivity index (χ0v) is 14.7. The average Bonchev–Trinajstić information content (AvgIpc) is 3.05. The van der Waals surface area contributed by atoms with Crippen molar-refractivity contribution in [3.05, 3.63) is 53.9 Å². The Hall–Kier alpha value is -1.61. The maximum atomic E-state index is 9.52. The van der Waals surface area contributed by atoms with Crippen molar-refractivity contribution in [1.82, 2.24) is 15.8 Å². The molecule has 0 fully saturated rings. The molecular formula is C15H21IN4O2. The van der Waals surface area contributed by atoms with Gasteiger partial charge in [-0.2, -0.15) is 0 Å². The lowest BCUT2D eigenvalue weighted by Gasteiger charge is -2.17. The van der Waals surface area contributed by atoms with E-state index in [0.29, 0.717) is 19.0 Å². The highest BCUT2D eigenvalue weighted by Gasteiger charge is 2.10. The summed E-state index contributed by atoms with van der Waals surface area (Å²) in [5, 5.41) is 19.7. The molecule has 6 nitrogen and oxygen atoms in total. The molecule has 22 heavy (non-hydrogen) atoms. The Morgan fingerprint density at radius 1 is 1.27 bits per heavy atom. The van der Waals surface area contributed by atoms with Crippen molar-refractivity contribution < 1.29 is 9.63 Å².